The largest absolute Gasteiger partial charge is 1.00 e. The van der Waals surface area contributed by atoms with Crippen LogP contribution in [0.1, 0.15) is 40.8 Å². The number of amides is 1. The van der Waals surface area contributed by atoms with Gasteiger partial charge in [-0.15, -0.1) is 10.2 Å². The van der Waals surface area contributed by atoms with E-state index in [1.807, 2.05) is 6.07 Å². The normalized spacial score (nSPS) is 24.2. The Bertz CT molecular complexity index is 793. The summed E-state index contributed by atoms with van der Waals surface area (Å²) in [5, 5.41) is 24.4. The molecule has 2 atom stereocenters. The fraction of sp³-hybridized carbons (Fsp3) is 0.412. The third kappa shape index (κ3) is 3.51. The molecule has 0 unspecified atom stereocenters. The smallest absolute Gasteiger partial charge is 0.549 e. The molecule has 2 saturated carbocycles. The molecule has 124 valence electrons. The van der Waals surface area contributed by atoms with Crippen molar-refractivity contribution < 1.29 is 44.3 Å². The zero-order chi connectivity index (χ0) is 16.7. The summed E-state index contributed by atoms with van der Waals surface area (Å²) < 4.78 is 0. The molecule has 0 bridgehead atoms. The first-order chi connectivity index (χ1) is 11.6. The van der Waals surface area contributed by atoms with E-state index >= 15 is 0 Å². The van der Waals surface area contributed by atoms with E-state index in [9.17, 15) is 14.7 Å². The van der Waals surface area contributed by atoms with Crippen LogP contribution in [0.5, 0.6) is 0 Å². The Hall–Kier alpha value is -1.28. The summed E-state index contributed by atoms with van der Waals surface area (Å²) in [6, 6.07) is 8.82. The Morgan fingerprint density at radius 2 is 1.96 bits per heavy atom. The van der Waals surface area contributed by atoms with Crippen LogP contribution in [0.15, 0.2) is 30.3 Å². The summed E-state index contributed by atoms with van der Waals surface area (Å²) in [6.45, 7) is 0.289. The van der Waals surface area contributed by atoms with E-state index in [2.05, 4.69) is 15.5 Å². The molecule has 1 heterocycles. The van der Waals surface area contributed by atoms with Crippen molar-refractivity contribution in [3.8, 4) is 0 Å². The minimum Gasteiger partial charge on any atom is -0.549 e. The van der Waals surface area contributed by atoms with Crippen molar-refractivity contribution in [1.29, 1.82) is 0 Å². The molecule has 1 N–H and O–H groups in total. The molecule has 2 fully saturated rings. The number of hydrogen-bond donors (Lipinski definition) is 1. The SMILES string of the molecule is O=C(NCc1nnc(C2CC2)s1)[C@H]1C[C@]1(C(=O)[O-])c1ccccc1.[Na+]. The van der Waals surface area contributed by atoms with Gasteiger partial charge in [-0.05, 0) is 24.8 Å². The Balaban J connectivity index is 0.00000182. The van der Waals surface area contributed by atoms with E-state index in [1.54, 1.807) is 24.3 Å². The molecule has 1 amide bonds. The summed E-state index contributed by atoms with van der Waals surface area (Å²) in [6.07, 6.45) is 2.59. The summed E-state index contributed by atoms with van der Waals surface area (Å²) >= 11 is 1.51. The van der Waals surface area contributed by atoms with Gasteiger partial charge >= 0.3 is 29.6 Å². The first-order valence-electron chi connectivity index (χ1n) is 7.98. The van der Waals surface area contributed by atoms with Gasteiger partial charge in [0, 0.05) is 11.3 Å². The van der Waals surface area contributed by atoms with Crippen LogP contribution in [-0.2, 0) is 21.5 Å². The number of carboxylic acid groups (broad SMARTS) is 1. The van der Waals surface area contributed by atoms with E-state index in [0.717, 1.165) is 22.9 Å². The van der Waals surface area contributed by atoms with Crippen molar-refractivity contribution >= 4 is 23.2 Å². The van der Waals surface area contributed by atoms with E-state index in [4.69, 9.17) is 0 Å². The van der Waals surface area contributed by atoms with Crippen molar-refractivity contribution in [2.45, 2.75) is 37.1 Å². The second kappa shape index (κ2) is 7.15. The Labute approximate surface area is 171 Å². The third-order valence-electron chi connectivity index (χ3n) is 4.75. The van der Waals surface area contributed by atoms with Gasteiger partial charge < -0.3 is 15.2 Å². The molecule has 2 aromatic rings. The predicted octanol–water partition coefficient (Wildman–Crippen LogP) is -2.26. The summed E-state index contributed by atoms with van der Waals surface area (Å²) in [5.41, 5.74) is -0.580. The van der Waals surface area contributed by atoms with Crippen molar-refractivity contribution in [1.82, 2.24) is 15.5 Å². The number of nitrogens with one attached hydrogen (secondary N) is 1. The minimum atomic E-state index is -1.20. The summed E-state index contributed by atoms with van der Waals surface area (Å²) in [5.74, 6) is -1.52. The van der Waals surface area contributed by atoms with E-state index < -0.39 is 17.3 Å². The van der Waals surface area contributed by atoms with Gasteiger partial charge in [0.15, 0.2) is 0 Å². The number of aromatic nitrogens is 2. The maximum absolute atomic E-state index is 12.4. The molecule has 0 radical (unpaired) electrons. The second-order valence-electron chi connectivity index (χ2n) is 6.41. The molecule has 8 heteroatoms. The maximum atomic E-state index is 12.4. The minimum absolute atomic E-state index is 0. The number of carbonyl (C=O) groups is 2. The topological polar surface area (TPSA) is 95.0 Å². The molecule has 0 spiro atoms. The van der Waals surface area contributed by atoms with E-state index in [1.165, 1.54) is 11.3 Å². The van der Waals surface area contributed by atoms with Gasteiger partial charge in [-0.25, -0.2) is 0 Å². The number of carboxylic acids is 1. The van der Waals surface area contributed by atoms with Gasteiger partial charge in [-0.3, -0.25) is 4.79 Å². The average molecular weight is 365 g/mol. The number of rotatable bonds is 6. The van der Waals surface area contributed by atoms with E-state index in [0.29, 0.717) is 11.5 Å². The Morgan fingerprint density at radius 3 is 2.60 bits per heavy atom. The van der Waals surface area contributed by atoms with Crippen LogP contribution in [0.4, 0.5) is 0 Å². The second-order valence-corrected chi connectivity index (χ2v) is 7.50. The predicted molar refractivity (Wildman–Crippen MR) is 85.0 cm³/mol. The van der Waals surface area contributed by atoms with Gasteiger partial charge in [-0.1, -0.05) is 41.7 Å². The fourth-order valence-corrected chi connectivity index (χ4v) is 4.05. The van der Waals surface area contributed by atoms with Gasteiger partial charge in [-0.2, -0.15) is 0 Å². The third-order valence-corrected chi connectivity index (χ3v) is 5.84. The Kier molecular flexibility index (Phi) is 5.29. The van der Waals surface area contributed by atoms with Crippen LogP contribution in [0.2, 0.25) is 0 Å². The van der Waals surface area contributed by atoms with Crippen LogP contribution in [0, 0.1) is 5.92 Å². The molecule has 25 heavy (non-hydrogen) atoms. The standard InChI is InChI=1S/C17H17N3O3S.Na/c21-14(18-9-13-19-20-15(24-13)10-6-7-10)12-8-17(12,16(22)23)11-4-2-1-3-5-11;/h1-5,10,12H,6-9H2,(H,18,21)(H,22,23);/q;+1/p-1/t12-,17+;/m1./s1. The quantitative estimate of drug-likeness (QED) is 0.584. The van der Waals surface area contributed by atoms with Gasteiger partial charge in [0.05, 0.1) is 18.4 Å². The van der Waals surface area contributed by atoms with Crippen LogP contribution in [0.3, 0.4) is 0 Å². The van der Waals surface area contributed by atoms with Crippen LogP contribution in [0.25, 0.3) is 0 Å². The van der Waals surface area contributed by atoms with Crippen molar-refractivity contribution in [2.75, 3.05) is 0 Å². The molecule has 2 aliphatic rings. The summed E-state index contributed by atoms with van der Waals surface area (Å²) in [7, 11) is 0. The van der Waals surface area contributed by atoms with Crippen LogP contribution in [-0.4, -0.2) is 22.1 Å². The molecule has 0 aliphatic heterocycles. The molecule has 4 rings (SSSR count). The fourth-order valence-electron chi connectivity index (χ4n) is 3.10. The monoisotopic (exact) mass is 365 g/mol. The number of hydrogen-bond acceptors (Lipinski definition) is 6. The van der Waals surface area contributed by atoms with Crippen molar-refractivity contribution in [3.05, 3.63) is 45.9 Å². The van der Waals surface area contributed by atoms with E-state index in [-0.39, 0.29) is 48.4 Å². The number of carbonyl (C=O) groups excluding carboxylic acids is 2. The van der Waals surface area contributed by atoms with Gasteiger partial charge in [0.1, 0.15) is 10.0 Å². The Morgan fingerprint density at radius 1 is 1.24 bits per heavy atom. The summed E-state index contributed by atoms with van der Waals surface area (Å²) in [4.78, 5) is 24.0. The van der Waals surface area contributed by atoms with Crippen molar-refractivity contribution in [3.63, 3.8) is 0 Å². The van der Waals surface area contributed by atoms with Crippen LogP contribution < -0.4 is 40.0 Å². The number of benzene rings is 1. The molecule has 1 aromatic carbocycles. The zero-order valence-corrected chi connectivity index (χ0v) is 16.7. The molecule has 6 nitrogen and oxygen atoms in total. The number of aliphatic carboxylic acids is 1. The first kappa shape index (κ1) is 18.5. The van der Waals surface area contributed by atoms with Crippen molar-refractivity contribution in [2.24, 2.45) is 5.92 Å². The molecular weight excluding hydrogens is 349 g/mol. The van der Waals surface area contributed by atoms with Gasteiger partial charge in [0.2, 0.25) is 5.91 Å². The molecule has 2 aliphatic carbocycles. The van der Waals surface area contributed by atoms with Crippen LogP contribution >= 0.6 is 11.3 Å². The maximum Gasteiger partial charge on any atom is 1.00 e. The molecule has 0 saturated heterocycles. The average Bonchev–Trinajstić information content (AvgIpc) is 3.51. The van der Waals surface area contributed by atoms with Gasteiger partial charge in [0.25, 0.3) is 0 Å². The number of nitrogens with zero attached hydrogens (tertiary/aromatic N) is 2. The zero-order valence-electron chi connectivity index (χ0n) is 13.9. The molecular formula is C17H16N3NaO3S. The molecule has 1 aromatic heterocycles. The first-order valence-corrected chi connectivity index (χ1v) is 8.80.